The van der Waals surface area contributed by atoms with E-state index in [1.54, 1.807) is 13.0 Å². The van der Waals surface area contributed by atoms with Gasteiger partial charge in [0.1, 0.15) is 11.4 Å². The third-order valence-corrected chi connectivity index (χ3v) is 5.71. The first kappa shape index (κ1) is 17.9. The van der Waals surface area contributed by atoms with Crippen LogP contribution in [0.5, 0.6) is 0 Å². The number of halogens is 2. The smallest absolute Gasteiger partial charge is 0.224 e. The van der Waals surface area contributed by atoms with Gasteiger partial charge in [0.25, 0.3) is 0 Å². The molecule has 0 saturated heterocycles. The Labute approximate surface area is 154 Å². The summed E-state index contributed by atoms with van der Waals surface area (Å²) in [6.45, 7) is 1.68. The van der Waals surface area contributed by atoms with Gasteiger partial charge in [0.05, 0.1) is 13.0 Å². The van der Waals surface area contributed by atoms with Crippen LogP contribution in [0.2, 0.25) is 5.02 Å². The maximum atomic E-state index is 13.8. The summed E-state index contributed by atoms with van der Waals surface area (Å²) in [5.41, 5.74) is -1.05. The van der Waals surface area contributed by atoms with Gasteiger partial charge in [0.15, 0.2) is 0 Å². The number of carbonyl (C=O) groups excluding carboxylic acids is 1. The van der Waals surface area contributed by atoms with E-state index in [-0.39, 0.29) is 23.6 Å². The Morgan fingerprint density at radius 2 is 2.04 bits per heavy atom. The Morgan fingerprint density at radius 1 is 1.28 bits per heavy atom. The largest absolute Gasteiger partial charge is 0.383 e. The number of benzene rings is 2. The van der Waals surface area contributed by atoms with Gasteiger partial charge in [-0.25, -0.2) is 4.39 Å². The summed E-state index contributed by atoms with van der Waals surface area (Å²) >= 11 is 7.42. The van der Waals surface area contributed by atoms with Crippen molar-refractivity contribution < 1.29 is 14.3 Å². The first-order valence-corrected chi connectivity index (χ1v) is 8.97. The maximum absolute atomic E-state index is 13.8. The van der Waals surface area contributed by atoms with E-state index in [2.05, 4.69) is 5.32 Å². The lowest BCUT2D eigenvalue weighted by Gasteiger charge is -2.22. The van der Waals surface area contributed by atoms with E-state index < -0.39 is 17.3 Å². The van der Waals surface area contributed by atoms with Crippen LogP contribution in [0.3, 0.4) is 0 Å². The molecule has 0 fully saturated rings. The highest BCUT2D eigenvalue weighted by molar-refractivity contribution is 7.19. The number of rotatable bonds is 5. The third kappa shape index (κ3) is 4.00. The first-order valence-electron chi connectivity index (χ1n) is 7.78. The highest BCUT2D eigenvalue weighted by Gasteiger charge is 2.26. The number of nitrogens with one attached hydrogen (secondary N) is 1. The molecule has 1 aromatic heterocycles. The molecule has 0 saturated carbocycles. The minimum atomic E-state index is -1.21. The SMILES string of the molecule is C[C@@](O)(CNC(=O)Cc1c(F)cccc1Cl)c1cc2ccccc2s1. The van der Waals surface area contributed by atoms with E-state index in [1.165, 1.54) is 23.5 Å². The molecule has 0 aliphatic rings. The van der Waals surface area contributed by atoms with Crippen molar-refractivity contribution in [2.24, 2.45) is 0 Å². The van der Waals surface area contributed by atoms with Crippen LogP contribution in [-0.2, 0) is 16.8 Å². The van der Waals surface area contributed by atoms with E-state index in [1.807, 2.05) is 30.3 Å². The second-order valence-corrected chi connectivity index (χ2v) is 7.57. The zero-order valence-electron chi connectivity index (χ0n) is 13.6. The molecular weight excluding hydrogens is 361 g/mol. The minimum Gasteiger partial charge on any atom is -0.383 e. The highest BCUT2D eigenvalue weighted by atomic mass is 35.5. The molecule has 0 aliphatic carbocycles. The Kier molecular flexibility index (Phi) is 5.08. The van der Waals surface area contributed by atoms with Gasteiger partial charge in [-0.1, -0.05) is 35.9 Å². The molecule has 2 aromatic carbocycles. The van der Waals surface area contributed by atoms with E-state index in [9.17, 15) is 14.3 Å². The Balaban J connectivity index is 1.68. The molecule has 25 heavy (non-hydrogen) atoms. The molecule has 0 aliphatic heterocycles. The van der Waals surface area contributed by atoms with Gasteiger partial charge >= 0.3 is 0 Å². The molecule has 130 valence electrons. The predicted octanol–water partition coefficient (Wildman–Crippen LogP) is 4.26. The van der Waals surface area contributed by atoms with Gasteiger partial charge < -0.3 is 10.4 Å². The predicted molar refractivity (Wildman–Crippen MR) is 99.5 cm³/mol. The molecule has 0 unspecified atom stereocenters. The molecule has 3 rings (SSSR count). The molecule has 6 heteroatoms. The topological polar surface area (TPSA) is 49.3 Å². The fourth-order valence-corrected chi connectivity index (χ4v) is 3.87. The van der Waals surface area contributed by atoms with Gasteiger partial charge in [-0.05, 0) is 36.6 Å². The Hall–Kier alpha value is -1.95. The summed E-state index contributed by atoms with van der Waals surface area (Å²) in [5.74, 6) is -0.910. The van der Waals surface area contributed by atoms with Crippen molar-refractivity contribution in [2.75, 3.05) is 6.54 Å². The van der Waals surface area contributed by atoms with Crippen molar-refractivity contribution in [2.45, 2.75) is 18.9 Å². The number of hydrogen-bond acceptors (Lipinski definition) is 3. The number of hydrogen-bond donors (Lipinski definition) is 2. The van der Waals surface area contributed by atoms with Crippen LogP contribution in [0.1, 0.15) is 17.4 Å². The van der Waals surface area contributed by atoms with Gasteiger partial charge in [-0.2, -0.15) is 0 Å². The van der Waals surface area contributed by atoms with Gasteiger partial charge in [-0.15, -0.1) is 11.3 Å². The summed E-state index contributed by atoms with van der Waals surface area (Å²) in [7, 11) is 0. The fraction of sp³-hybridized carbons (Fsp3) is 0.211. The summed E-state index contributed by atoms with van der Waals surface area (Å²) in [4.78, 5) is 12.9. The van der Waals surface area contributed by atoms with Gasteiger partial charge in [0, 0.05) is 20.2 Å². The van der Waals surface area contributed by atoms with Crippen molar-refractivity contribution in [3.8, 4) is 0 Å². The van der Waals surface area contributed by atoms with Crippen LogP contribution in [0.4, 0.5) is 4.39 Å². The molecule has 0 radical (unpaired) electrons. The number of thiophene rings is 1. The van der Waals surface area contributed by atoms with Crippen molar-refractivity contribution in [3.63, 3.8) is 0 Å². The number of aliphatic hydroxyl groups is 1. The fourth-order valence-electron chi connectivity index (χ4n) is 2.53. The summed E-state index contributed by atoms with van der Waals surface area (Å²) in [5, 5.41) is 14.6. The lowest BCUT2D eigenvalue weighted by atomic mass is 10.0. The molecule has 3 nitrogen and oxygen atoms in total. The molecule has 0 bridgehead atoms. The standard InChI is InChI=1S/C19H17ClFNO2S/c1-19(24,17-9-12-5-2-3-8-16(12)25-17)11-22-18(23)10-13-14(20)6-4-7-15(13)21/h2-9,24H,10-11H2,1H3,(H,22,23)/t19-/m1/s1. The molecule has 0 spiro atoms. The molecule has 1 amide bonds. The monoisotopic (exact) mass is 377 g/mol. The van der Waals surface area contributed by atoms with Crippen molar-refractivity contribution in [3.05, 3.63) is 69.8 Å². The number of carbonyl (C=O) groups is 1. The van der Waals surface area contributed by atoms with E-state index >= 15 is 0 Å². The van der Waals surface area contributed by atoms with Crippen LogP contribution in [0, 0.1) is 5.82 Å². The zero-order valence-corrected chi connectivity index (χ0v) is 15.1. The summed E-state index contributed by atoms with van der Waals surface area (Å²) < 4.78 is 14.8. The van der Waals surface area contributed by atoms with Crippen LogP contribution >= 0.6 is 22.9 Å². The number of fused-ring (bicyclic) bond motifs is 1. The van der Waals surface area contributed by atoms with Crippen molar-refractivity contribution >= 4 is 38.9 Å². The van der Waals surface area contributed by atoms with Gasteiger partial charge in [-0.3, -0.25) is 4.79 Å². The van der Waals surface area contributed by atoms with Gasteiger partial charge in [0.2, 0.25) is 5.91 Å². The minimum absolute atomic E-state index is 0.0325. The molecule has 1 atom stereocenters. The second kappa shape index (κ2) is 7.12. The quantitative estimate of drug-likeness (QED) is 0.698. The van der Waals surface area contributed by atoms with Crippen LogP contribution in [0.25, 0.3) is 10.1 Å². The Morgan fingerprint density at radius 3 is 2.76 bits per heavy atom. The molecule has 1 heterocycles. The highest BCUT2D eigenvalue weighted by Crippen LogP contribution is 2.32. The zero-order chi connectivity index (χ0) is 18.0. The molecular formula is C19H17ClFNO2S. The van der Waals surface area contributed by atoms with E-state index in [4.69, 9.17) is 11.6 Å². The first-order chi connectivity index (χ1) is 11.9. The van der Waals surface area contributed by atoms with Crippen LogP contribution in [0.15, 0.2) is 48.5 Å². The Bertz CT molecular complexity index is 869. The lowest BCUT2D eigenvalue weighted by Crippen LogP contribution is -2.38. The van der Waals surface area contributed by atoms with Crippen LogP contribution in [-0.4, -0.2) is 17.6 Å². The number of amides is 1. The lowest BCUT2D eigenvalue weighted by molar-refractivity contribution is -0.121. The second-order valence-electron chi connectivity index (χ2n) is 6.08. The molecule has 3 aromatic rings. The van der Waals surface area contributed by atoms with E-state index in [0.29, 0.717) is 0 Å². The molecule has 2 N–H and O–H groups in total. The summed E-state index contributed by atoms with van der Waals surface area (Å²) in [6.07, 6.45) is -0.173. The van der Waals surface area contributed by atoms with Crippen LogP contribution < -0.4 is 5.32 Å². The van der Waals surface area contributed by atoms with E-state index in [0.717, 1.165) is 15.0 Å². The summed E-state index contributed by atoms with van der Waals surface area (Å²) in [6, 6.07) is 14.1. The van der Waals surface area contributed by atoms with Crippen molar-refractivity contribution in [1.29, 1.82) is 0 Å². The maximum Gasteiger partial charge on any atom is 0.224 e. The average Bonchev–Trinajstić information content (AvgIpc) is 3.02. The normalized spacial score (nSPS) is 13.6. The van der Waals surface area contributed by atoms with Crippen molar-refractivity contribution in [1.82, 2.24) is 5.32 Å². The third-order valence-electron chi connectivity index (χ3n) is 3.99. The average molecular weight is 378 g/mol.